The molecule has 8 heteroatoms. The molecule has 0 unspecified atom stereocenters. The van der Waals surface area contributed by atoms with Crippen molar-refractivity contribution in [2.24, 2.45) is 5.41 Å². The van der Waals surface area contributed by atoms with Crippen LogP contribution in [0, 0.1) is 5.41 Å². The van der Waals surface area contributed by atoms with Crippen LogP contribution in [0.2, 0.25) is 0 Å². The number of aliphatic hydroxyl groups excluding tert-OH is 1. The van der Waals surface area contributed by atoms with E-state index in [1.54, 1.807) is 13.8 Å². The van der Waals surface area contributed by atoms with Crippen LogP contribution in [-0.2, 0) is 10.0 Å². The minimum Gasteiger partial charge on any atom is -0.478 e. The van der Waals surface area contributed by atoms with Crippen LogP contribution >= 0.6 is 0 Å². The number of sulfonamides is 1. The maximum absolute atomic E-state index is 12.3. The fourth-order valence-electron chi connectivity index (χ4n) is 1.70. The first-order valence-corrected chi connectivity index (χ1v) is 7.81. The van der Waals surface area contributed by atoms with Gasteiger partial charge in [0.2, 0.25) is 10.0 Å². The molecule has 0 aliphatic heterocycles. The predicted octanol–water partition coefficient (Wildman–Crippen LogP) is 0.654. The molecular weight excluding hydrogens is 296 g/mol. The number of hydrogen-bond acceptors (Lipinski definition) is 5. The van der Waals surface area contributed by atoms with Crippen LogP contribution in [0.3, 0.4) is 0 Å². The van der Waals surface area contributed by atoms with E-state index in [4.69, 9.17) is 15.9 Å². The number of benzene rings is 1. The molecule has 0 atom stereocenters. The summed E-state index contributed by atoms with van der Waals surface area (Å²) in [5, 5.41) is 18.0. The molecule has 0 aliphatic carbocycles. The Morgan fingerprint density at radius 3 is 2.52 bits per heavy atom. The van der Waals surface area contributed by atoms with E-state index in [1.807, 2.05) is 0 Å². The lowest BCUT2D eigenvalue weighted by Gasteiger charge is -2.24. The summed E-state index contributed by atoms with van der Waals surface area (Å²) in [7, 11) is -4.00. The van der Waals surface area contributed by atoms with Crippen LogP contribution < -0.4 is 10.5 Å². The molecule has 1 aromatic rings. The molecule has 7 nitrogen and oxygen atoms in total. The smallest absolute Gasteiger partial charge is 0.337 e. The van der Waals surface area contributed by atoms with Gasteiger partial charge in [-0.05, 0) is 30.0 Å². The zero-order valence-corrected chi connectivity index (χ0v) is 12.8. The molecule has 1 rings (SSSR count). The van der Waals surface area contributed by atoms with Gasteiger partial charge in [0.15, 0.2) is 0 Å². The zero-order chi connectivity index (χ0) is 16.3. The monoisotopic (exact) mass is 316 g/mol. The minimum atomic E-state index is -4.00. The van der Waals surface area contributed by atoms with Gasteiger partial charge in [-0.15, -0.1) is 0 Å². The number of anilines is 1. The van der Waals surface area contributed by atoms with Crippen LogP contribution in [0.4, 0.5) is 5.69 Å². The number of nitrogens with one attached hydrogen (secondary N) is 1. The Bertz CT molecular complexity index is 625. The molecule has 0 saturated heterocycles. The molecular formula is C13H20N2O5S. The van der Waals surface area contributed by atoms with Gasteiger partial charge in [-0.25, -0.2) is 17.9 Å². The summed E-state index contributed by atoms with van der Waals surface area (Å²) in [4.78, 5) is 10.8. The Morgan fingerprint density at radius 2 is 2.00 bits per heavy atom. The molecule has 1 aromatic carbocycles. The van der Waals surface area contributed by atoms with Gasteiger partial charge >= 0.3 is 5.97 Å². The first kappa shape index (κ1) is 17.4. The maximum Gasteiger partial charge on any atom is 0.337 e. The number of carbonyl (C=O) groups is 1. The largest absolute Gasteiger partial charge is 0.478 e. The zero-order valence-electron chi connectivity index (χ0n) is 12.0. The number of nitrogen functional groups attached to an aromatic ring is 1. The molecule has 0 fully saturated rings. The van der Waals surface area contributed by atoms with Crippen molar-refractivity contribution in [2.75, 3.05) is 18.9 Å². The van der Waals surface area contributed by atoms with Crippen LogP contribution in [-0.4, -0.2) is 37.8 Å². The Balaban J connectivity index is 3.09. The van der Waals surface area contributed by atoms with Crippen molar-refractivity contribution in [1.82, 2.24) is 4.72 Å². The number of carboxylic acids is 1. The second-order valence-electron chi connectivity index (χ2n) is 5.52. The van der Waals surface area contributed by atoms with Crippen molar-refractivity contribution in [1.29, 1.82) is 0 Å². The van der Waals surface area contributed by atoms with E-state index >= 15 is 0 Å². The van der Waals surface area contributed by atoms with Crippen molar-refractivity contribution < 1.29 is 23.4 Å². The van der Waals surface area contributed by atoms with E-state index in [2.05, 4.69) is 4.72 Å². The highest BCUT2D eigenvalue weighted by Crippen LogP contribution is 2.22. The van der Waals surface area contributed by atoms with Gasteiger partial charge in [0, 0.05) is 18.8 Å². The molecule has 0 bridgehead atoms. The van der Waals surface area contributed by atoms with Crippen molar-refractivity contribution in [3.05, 3.63) is 23.8 Å². The first-order chi connectivity index (χ1) is 9.59. The maximum atomic E-state index is 12.3. The van der Waals surface area contributed by atoms with Crippen LogP contribution in [0.25, 0.3) is 0 Å². The van der Waals surface area contributed by atoms with Crippen molar-refractivity contribution in [3.63, 3.8) is 0 Å². The summed E-state index contributed by atoms with van der Waals surface area (Å²) >= 11 is 0. The number of aliphatic hydroxyl groups is 1. The third kappa shape index (κ3) is 4.69. The van der Waals surface area contributed by atoms with Crippen LogP contribution in [0.5, 0.6) is 0 Å². The fraction of sp³-hybridized carbons (Fsp3) is 0.462. The van der Waals surface area contributed by atoms with Gasteiger partial charge in [0.25, 0.3) is 0 Å². The Morgan fingerprint density at radius 1 is 1.38 bits per heavy atom. The second kappa shape index (κ2) is 6.42. The Labute approximate surface area is 123 Å². The number of carboxylic acid groups (broad SMARTS) is 1. The Hall–Kier alpha value is -1.64. The van der Waals surface area contributed by atoms with E-state index in [0.29, 0.717) is 6.42 Å². The highest BCUT2D eigenvalue weighted by Gasteiger charge is 2.26. The predicted molar refractivity (Wildman–Crippen MR) is 78.5 cm³/mol. The molecule has 0 radical (unpaired) electrons. The Kier molecular flexibility index (Phi) is 5.32. The van der Waals surface area contributed by atoms with Gasteiger partial charge in [-0.1, -0.05) is 13.8 Å². The lowest BCUT2D eigenvalue weighted by atomic mass is 9.90. The summed E-state index contributed by atoms with van der Waals surface area (Å²) in [5.74, 6) is -1.34. The topological polar surface area (TPSA) is 130 Å². The van der Waals surface area contributed by atoms with Crippen molar-refractivity contribution in [2.45, 2.75) is 25.2 Å². The molecule has 0 spiro atoms. The minimum absolute atomic E-state index is 0.0621. The van der Waals surface area contributed by atoms with E-state index in [-0.39, 0.29) is 29.3 Å². The number of aromatic carboxylic acids is 1. The highest BCUT2D eigenvalue weighted by atomic mass is 32.2. The molecule has 0 saturated carbocycles. The fourth-order valence-corrected chi connectivity index (χ4v) is 3.17. The number of rotatable bonds is 7. The van der Waals surface area contributed by atoms with Crippen molar-refractivity contribution in [3.8, 4) is 0 Å². The lowest BCUT2D eigenvalue weighted by Crippen LogP contribution is -2.35. The quantitative estimate of drug-likeness (QED) is 0.547. The standard InChI is InChI=1S/C13H20N2O5S/c1-13(2,5-6-16)8-15-21(19,20)11-7-9(14)3-4-10(11)12(17)18/h3-4,7,15-16H,5-6,8,14H2,1-2H3,(H,17,18). The van der Waals surface area contributed by atoms with E-state index < -0.39 is 21.4 Å². The van der Waals surface area contributed by atoms with E-state index in [0.717, 1.165) is 12.1 Å². The number of hydrogen-bond donors (Lipinski definition) is 4. The molecule has 0 aromatic heterocycles. The normalized spacial score (nSPS) is 12.3. The molecule has 118 valence electrons. The highest BCUT2D eigenvalue weighted by molar-refractivity contribution is 7.89. The molecule has 0 amide bonds. The van der Waals surface area contributed by atoms with Gasteiger partial charge in [0.1, 0.15) is 0 Å². The van der Waals surface area contributed by atoms with E-state index in [9.17, 15) is 13.2 Å². The van der Waals surface area contributed by atoms with Gasteiger partial charge in [-0.3, -0.25) is 0 Å². The average molecular weight is 316 g/mol. The molecule has 21 heavy (non-hydrogen) atoms. The summed E-state index contributed by atoms with van der Waals surface area (Å²) in [6, 6.07) is 3.61. The summed E-state index contributed by atoms with van der Waals surface area (Å²) in [6.07, 6.45) is 0.415. The first-order valence-electron chi connectivity index (χ1n) is 6.32. The lowest BCUT2D eigenvalue weighted by molar-refractivity contribution is 0.0692. The number of nitrogens with two attached hydrogens (primary N) is 1. The summed E-state index contributed by atoms with van der Waals surface area (Å²) < 4.78 is 26.9. The third-order valence-corrected chi connectivity index (χ3v) is 4.50. The summed E-state index contributed by atoms with van der Waals surface area (Å²) in [6.45, 7) is 3.60. The van der Waals surface area contributed by atoms with Gasteiger partial charge in [0.05, 0.1) is 10.5 Å². The summed E-state index contributed by atoms with van der Waals surface area (Å²) in [5.41, 5.74) is 4.91. The van der Waals surface area contributed by atoms with Gasteiger partial charge < -0.3 is 15.9 Å². The van der Waals surface area contributed by atoms with E-state index in [1.165, 1.54) is 6.07 Å². The van der Waals surface area contributed by atoms with Crippen molar-refractivity contribution >= 4 is 21.7 Å². The SMILES string of the molecule is CC(C)(CCO)CNS(=O)(=O)c1cc(N)ccc1C(=O)O. The second-order valence-corrected chi connectivity index (χ2v) is 7.26. The van der Waals surface area contributed by atoms with Crippen LogP contribution in [0.1, 0.15) is 30.6 Å². The van der Waals surface area contributed by atoms with Gasteiger partial charge in [-0.2, -0.15) is 0 Å². The average Bonchev–Trinajstić information content (AvgIpc) is 2.36. The molecule has 5 N–H and O–H groups in total. The third-order valence-electron chi connectivity index (χ3n) is 3.05. The van der Waals surface area contributed by atoms with Crippen LogP contribution in [0.15, 0.2) is 23.1 Å². The molecule has 0 heterocycles. The molecule has 0 aliphatic rings.